The van der Waals surface area contributed by atoms with E-state index in [-0.39, 0.29) is 28.2 Å². The van der Waals surface area contributed by atoms with Gasteiger partial charge in [0.05, 0.1) is 10.8 Å². The highest BCUT2D eigenvalue weighted by atomic mass is 35.5. The van der Waals surface area contributed by atoms with Crippen molar-refractivity contribution in [2.45, 2.75) is 0 Å². The average Bonchev–Trinajstić information content (AvgIpc) is 2.45. The molecule has 0 saturated carbocycles. The summed E-state index contributed by atoms with van der Waals surface area (Å²) in [6, 6.07) is 1.34. The number of aromatic amines is 1. The Kier molecular flexibility index (Phi) is 4.20. The second-order valence-corrected chi connectivity index (χ2v) is 5.49. The summed E-state index contributed by atoms with van der Waals surface area (Å²) in [5.74, 6) is -0.835. The van der Waals surface area contributed by atoms with Gasteiger partial charge in [0.2, 0.25) is 10.0 Å². The van der Waals surface area contributed by atoms with Gasteiger partial charge in [-0.1, -0.05) is 23.2 Å². The predicted octanol–water partition coefficient (Wildman–Crippen LogP) is 0.340. The number of nitrogens with two attached hydrogens (primary N) is 1. The number of primary sulfonamides is 1. The Bertz CT molecular complexity index is 477. The van der Waals surface area contributed by atoms with Gasteiger partial charge in [0.15, 0.2) is 0 Å². The van der Waals surface area contributed by atoms with Crippen molar-refractivity contribution in [3.8, 4) is 0 Å². The first-order chi connectivity index (χ1) is 7.29. The van der Waals surface area contributed by atoms with E-state index < -0.39 is 15.9 Å². The number of H-pyrrole nitrogens is 1. The van der Waals surface area contributed by atoms with Crippen LogP contribution in [-0.2, 0) is 10.0 Å². The van der Waals surface area contributed by atoms with Gasteiger partial charge in [-0.3, -0.25) is 4.79 Å². The molecule has 1 aromatic rings. The van der Waals surface area contributed by atoms with Gasteiger partial charge in [0.25, 0.3) is 5.91 Å². The van der Waals surface area contributed by atoms with E-state index in [1.807, 2.05) is 0 Å². The molecule has 0 aliphatic carbocycles. The maximum absolute atomic E-state index is 11.4. The first kappa shape index (κ1) is 13.3. The number of halogens is 2. The van der Waals surface area contributed by atoms with Crippen molar-refractivity contribution in [1.29, 1.82) is 0 Å². The number of carbonyl (C=O) groups is 1. The molecule has 0 fully saturated rings. The molecule has 0 unspecified atom stereocenters. The van der Waals surface area contributed by atoms with E-state index >= 15 is 0 Å². The molecule has 1 amide bonds. The zero-order chi connectivity index (χ0) is 12.3. The molecule has 1 rings (SSSR count). The van der Waals surface area contributed by atoms with Crippen molar-refractivity contribution < 1.29 is 13.2 Å². The molecule has 6 nitrogen and oxygen atoms in total. The van der Waals surface area contributed by atoms with E-state index in [2.05, 4.69) is 10.3 Å². The fraction of sp³-hybridized carbons (Fsp3) is 0.286. The minimum atomic E-state index is -3.58. The molecule has 0 saturated heterocycles. The van der Waals surface area contributed by atoms with Crippen LogP contribution < -0.4 is 10.5 Å². The molecule has 0 radical (unpaired) electrons. The van der Waals surface area contributed by atoms with Crippen molar-refractivity contribution in [1.82, 2.24) is 10.3 Å². The van der Waals surface area contributed by atoms with Crippen LogP contribution in [0, 0.1) is 0 Å². The van der Waals surface area contributed by atoms with Gasteiger partial charge in [0.1, 0.15) is 10.8 Å². The van der Waals surface area contributed by atoms with Gasteiger partial charge in [-0.15, -0.1) is 0 Å². The SMILES string of the molecule is NS(=O)(=O)CCNC(=O)c1cc(Cl)c(Cl)[nH]1. The van der Waals surface area contributed by atoms with Crippen molar-refractivity contribution in [3.05, 3.63) is 21.9 Å². The lowest BCUT2D eigenvalue weighted by atomic mass is 10.4. The Hall–Kier alpha value is -0.760. The van der Waals surface area contributed by atoms with E-state index in [1.165, 1.54) is 6.07 Å². The number of aromatic nitrogens is 1. The molecule has 16 heavy (non-hydrogen) atoms. The zero-order valence-corrected chi connectivity index (χ0v) is 10.3. The summed E-state index contributed by atoms with van der Waals surface area (Å²) >= 11 is 11.2. The first-order valence-electron chi connectivity index (χ1n) is 4.12. The summed E-state index contributed by atoms with van der Waals surface area (Å²) in [5, 5.41) is 7.48. The third-order valence-corrected chi connectivity index (χ3v) is 3.11. The summed E-state index contributed by atoms with van der Waals surface area (Å²) in [6.07, 6.45) is 0. The van der Waals surface area contributed by atoms with E-state index in [9.17, 15) is 13.2 Å². The lowest BCUT2D eigenvalue weighted by molar-refractivity contribution is 0.0952. The molecular weight excluding hydrogens is 277 g/mol. The Balaban J connectivity index is 2.54. The van der Waals surface area contributed by atoms with Crippen LogP contribution in [0.15, 0.2) is 6.07 Å². The van der Waals surface area contributed by atoms with Gasteiger partial charge in [-0.05, 0) is 6.07 Å². The average molecular weight is 286 g/mol. The molecule has 1 heterocycles. The number of sulfonamides is 1. The van der Waals surface area contributed by atoms with Crippen LogP contribution in [0.2, 0.25) is 10.2 Å². The number of nitrogens with one attached hydrogen (secondary N) is 2. The highest BCUT2D eigenvalue weighted by Gasteiger charge is 2.11. The minimum absolute atomic E-state index is 0.0775. The molecule has 0 spiro atoms. The number of carbonyl (C=O) groups excluding carboxylic acids is 1. The zero-order valence-electron chi connectivity index (χ0n) is 7.96. The molecule has 4 N–H and O–H groups in total. The number of amides is 1. The Morgan fingerprint density at radius 3 is 2.56 bits per heavy atom. The summed E-state index contributed by atoms with van der Waals surface area (Å²) in [4.78, 5) is 13.9. The van der Waals surface area contributed by atoms with Gasteiger partial charge < -0.3 is 10.3 Å². The van der Waals surface area contributed by atoms with Gasteiger partial charge in [-0.2, -0.15) is 0 Å². The quantitative estimate of drug-likeness (QED) is 0.743. The normalized spacial score (nSPS) is 11.4. The van der Waals surface area contributed by atoms with Crippen LogP contribution in [0.3, 0.4) is 0 Å². The Morgan fingerprint density at radius 1 is 1.50 bits per heavy atom. The summed E-state index contributed by atoms with van der Waals surface area (Å²) in [6.45, 7) is -0.0775. The molecule has 0 aliphatic heterocycles. The molecular formula is C7H9Cl2N3O3S. The fourth-order valence-corrected chi connectivity index (χ4v) is 1.63. The van der Waals surface area contributed by atoms with Crippen molar-refractivity contribution in [2.75, 3.05) is 12.3 Å². The molecule has 1 aromatic heterocycles. The van der Waals surface area contributed by atoms with E-state index in [4.69, 9.17) is 28.3 Å². The summed E-state index contributed by atoms with van der Waals surface area (Å²) < 4.78 is 21.2. The van der Waals surface area contributed by atoms with Crippen LogP contribution in [-0.4, -0.2) is 31.6 Å². The predicted molar refractivity (Wildman–Crippen MR) is 61.1 cm³/mol. The summed E-state index contributed by atoms with van der Waals surface area (Å²) in [5.41, 5.74) is 0.157. The van der Waals surface area contributed by atoms with Crippen LogP contribution >= 0.6 is 23.2 Å². The smallest absolute Gasteiger partial charge is 0.267 e. The highest BCUT2D eigenvalue weighted by molar-refractivity contribution is 7.89. The Labute approximate surface area is 102 Å². The van der Waals surface area contributed by atoms with Crippen LogP contribution in [0.4, 0.5) is 0 Å². The molecule has 0 bridgehead atoms. The lowest BCUT2D eigenvalue weighted by Gasteiger charge is -2.01. The van der Waals surface area contributed by atoms with E-state index in [0.29, 0.717) is 0 Å². The second-order valence-electron chi connectivity index (χ2n) is 2.97. The maximum Gasteiger partial charge on any atom is 0.267 e. The number of hydrogen-bond donors (Lipinski definition) is 3. The lowest BCUT2D eigenvalue weighted by Crippen LogP contribution is -2.31. The number of rotatable bonds is 4. The monoisotopic (exact) mass is 285 g/mol. The van der Waals surface area contributed by atoms with Crippen molar-refractivity contribution in [2.24, 2.45) is 5.14 Å². The topological polar surface area (TPSA) is 105 Å². The molecule has 0 atom stereocenters. The molecule has 0 aliphatic rings. The molecule has 9 heteroatoms. The number of hydrogen-bond acceptors (Lipinski definition) is 3. The third-order valence-electron chi connectivity index (χ3n) is 1.64. The van der Waals surface area contributed by atoms with E-state index in [1.54, 1.807) is 0 Å². The molecule has 0 aromatic carbocycles. The van der Waals surface area contributed by atoms with E-state index in [0.717, 1.165) is 0 Å². The van der Waals surface area contributed by atoms with Crippen molar-refractivity contribution >= 4 is 39.1 Å². The van der Waals surface area contributed by atoms with Crippen LogP contribution in [0.5, 0.6) is 0 Å². The van der Waals surface area contributed by atoms with Crippen LogP contribution in [0.1, 0.15) is 10.5 Å². The van der Waals surface area contributed by atoms with Crippen LogP contribution in [0.25, 0.3) is 0 Å². The minimum Gasteiger partial charge on any atom is -0.350 e. The summed E-state index contributed by atoms with van der Waals surface area (Å²) in [7, 11) is -3.58. The maximum atomic E-state index is 11.4. The van der Waals surface area contributed by atoms with Gasteiger partial charge in [0, 0.05) is 6.54 Å². The van der Waals surface area contributed by atoms with Crippen molar-refractivity contribution in [3.63, 3.8) is 0 Å². The van der Waals surface area contributed by atoms with Gasteiger partial charge in [-0.25, -0.2) is 13.6 Å². The standard InChI is InChI=1S/C7H9Cl2N3O3S/c8-4-3-5(12-6(4)9)7(13)11-1-2-16(10,14)15/h3,12H,1-2H2,(H,11,13)(H2,10,14,15). The Morgan fingerprint density at radius 2 is 2.12 bits per heavy atom. The molecule has 90 valence electrons. The largest absolute Gasteiger partial charge is 0.350 e. The first-order valence-corrected chi connectivity index (χ1v) is 6.59. The second kappa shape index (κ2) is 5.05. The third kappa shape index (κ3) is 4.01. The highest BCUT2D eigenvalue weighted by Crippen LogP contribution is 2.21. The van der Waals surface area contributed by atoms with Gasteiger partial charge >= 0.3 is 0 Å². The fourth-order valence-electron chi connectivity index (χ4n) is 0.928.